The summed E-state index contributed by atoms with van der Waals surface area (Å²) in [5.41, 5.74) is 0.249. The van der Waals surface area contributed by atoms with Gasteiger partial charge in [-0.05, 0) is 48.9 Å². The third kappa shape index (κ3) is 5.09. The lowest BCUT2D eigenvalue weighted by Crippen LogP contribution is -2.18. The second-order valence-corrected chi connectivity index (χ2v) is 8.36. The molecule has 0 heterocycles. The van der Waals surface area contributed by atoms with Gasteiger partial charge in [0.25, 0.3) is 10.0 Å². The van der Waals surface area contributed by atoms with Gasteiger partial charge in [-0.2, -0.15) is 0 Å². The molecule has 0 aliphatic rings. The normalized spacial score (nSPS) is 12.7. The van der Waals surface area contributed by atoms with E-state index in [2.05, 4.69) is 9.46 Å². The first-order chi connectivity index (χ1) is 11.8. The Morgan fingerprint density at radius 3 is 2.08 bits per heavy atom. The van der Waals surface area contributed by atoms with Crippen LogP contribution >= 0.6 is 0 Å². The quantitative estimate of drug-likeness (QED) is 0.785. The molecular weight excluding hydrogens is 397 g/mol. The van der Waals surface area contributed by atoms with E-state index < -0.39 is 32.2 Å². The molecule has 2 aromatic carbocycles. The molecule has 0 amide bonds. The van der Waals surface area contributed by atoms with Gasteiger partial charge >= 0.3 is 6.36 Å². The number of aryl methyl sites for hydroxylation is 1. The van der Waals surface area contributed by atoms with Crippen LogP contribution in [0.15, 0.2) is 52.3 Å². The molecular formula is C14H13F3N2O5S2. The van der Waals surface area contributed by atoms with Gasteiger partial charge in [0.2, 0.25) is 10.0 Å². The zero-order chi connectivity index (χ0) is 19.8. The van der Waals surface area contributed by atoms with E-state index in [1.807, 2.05) is 0 Å². The van der Waals surface area contributed by atoms with Crippen LogP contribution in [0.3, 0.4) is 0 Å². The number of hydrogen-bond donors (Lipinski definition) is 2. The van der Waals surface area contributed by atoms with Crippen LogP contribution in [0, 0.1) is 6.92 Å². The molecule has 0 aliphatic heterocycles. The Kier molecular flexibility index (Phi) is 5.21. The number of ether oxygens (including phenoxy) is 1. The Bertz CT molecular complexity index is 1020. The number of primary sulfonamides is 1. The van der Waals surface area contributed by atoms with E-state index in [1.54, 1.807) is 0 Å². The minimum Gasteiger partial charge on any atom is -0.406 e. The third-order valence-corrected chi connectivity index (χ3v) is 5.56. The van der Waals surface area contributed by atoms with Crippen molar-refractivity contribution >= 4 is 25.7 Å². The van der Waals surface area contributed by atoms with E-state index in [4.69, 9.17) is 5.14 Å². The Morgan fingerprint density at radius 2 is 1.58 bits per heavy atom. The summed E-state index contributed by atoms with van der Waals surface area (Å²) in [5.74, 6) is -0.580. The molecule has 0 fully saturated rings. The van der Waals surface area contributed by atoms with Crippen LogP contribution in [0.5, 0.6) is 5.75 Å². The standard InChI is InChI=1S/C14H13F3N2O5S2/c1-9-2-3-10(8-13(9)25(18,20)21)19-26(22,23)12-6-4-11(5-7-12)24-14(15,16)17/h2-8,19H,1H3,(H2,18,20,21). The number of sulfonamides is 2. The monoisotopic (exact) mass is 410 g/mol. The summed E-state index contributed by atoms with van der Waals surface area (Å²) in [6, 6.07) is 7.24. The topological polar surface area (TPSA) is 116 Å². The van der Waals surface area contributed by atoms with Crippen LogP contribution in [-0.2, 0) is 20.0 Å². The number of nitrogens with one attached hydrogen (secondary N) is 1. The van der Waals surface area contributed by atoms with Crippen molar-refractivity contribution in [1.29, 1.82) is 0 Å². The first-order valence-electron chi connectivity index (χ1n) is 6.80. The molecule has 142 valence electrons. The molecule has 0 radical (unpaired) electrons. The number of alkyl halides is 3. The fraction of sp³-hybridized carbons (Fsp3) is 0.143. The molecule has 7 nitrogen and oxygen atoms in total. The lowest BCUT2D eigenvalue weighted by Gasteiger charge is -2.12. The molecule has 0 saturated carbocycles. The van der Waals surface area contributed by atoms with Crippen LogP contribution < -0.4 is 14.6 Å². The SMILES string of the molecule is Cc1ccc(NS(=O)(=O)c2ccc(OC(F)(F)F)cc2)cc1S(N)(=O)=O. The maximum Gasteiger partial charge on any atom is 0.573 e. The molecule has 0 unspecified atom stereocenters. The van der Waals surface area contributed by atoms with Crippen LogP contribution in [0.2, 0.25) is 0 Å². The minimum atomic E-state index is -4.90. The van der Waals surface area contributed by atoms with E-state index in [1.165, 1.54) is 19.1 Å². The third-order valence-electron chi connectivity index (χ3n) is 3.11. The molecule has 3 N–H and O–H groups in total. The van der Waals surface area contributed by atoms with E-state index in [0.29, 0.717) is 5.56 Å². The van der Waals surface area contributed by atoms with E-state index in [9.17, 15) is 30.0 Å². The summed E-state index contributed by atoms with van der Waals surface area (Å²) in [6.45, 7) is 1.48. The van der Waals surface area contributed by atoms with Gasteiger partial charge in [0, 0.05) is 0 Å². The second-order valence-electron chi connectivity index (χ2n) is 5.15. The predicted octanol–water partition coefficient (Wildman–Crippen LogP) is 2.34. The summed E-state index contributed by atoms with van der Waals surface area (Å²) in [7, 11) is -8.23. The smallest absolute Gasteiger partial charge is 0.406 e. The molecule has 12 heteroatoms. The first kappa shape index (κ1) is 20.0. The number of benzene rings is 2. The molecule has 0 bridgehead atoms. The van der Waals surface area contributed by atoms with E-state index in [-0.39, 0.29) is 15.5 Å². The zero-order valence-electron chi connectivity index (χ0n) is 13.1. The van der Waals surface area contributed by atoms with Gasteiger partial charge in [-0.25, -0.2) is 22.0 Å². The second kappa shape index (κ2) is 6.78. The Morgan fingerprint density at radius 1 is 1.00 bits per heavy atom. The molecule has 26 heavy (non-hydrogen) atoms. The van der Waals surface area contributed by atoms with Crippen LogP contribution in [0.4, 0.5) is 18.9 Å². The van der Waals surface area contributed by atoms with Gasteiger partial charge in [0.15, 0.2) is 0 Å². The molecule has 0 spiro atoms. The van der Waals surface area contributed by atoms with E-state index >= 15 is 0 Å². The molecule has 2 rings (SSSR count). The largest absolute Gasteiger partial charge is 0.573 e. The van der Waals surface area contributed by atoms with Gasteiger partial charge in [-0.1, -0.05) is 6.07 Å². The molecule has 0 aromatic heterocycles. The highest BCUT2D eigenvalue weighted by Crippen LogP contribution is 2.25. The lowest BCUT2D eigenvalue weighted by atomic mass is 10.2. The number of halogens is 3. The lowest BCUT2D eigenvalue weighted by molar-refractivity contribution is -0.274. The fourth-order valence-electron chi connectivity index (χ4n) is 2.00. The summed E-state index contributed by atoms with van der Waals surface area (Å²) in [4.78, 5) is -0.601. The van der Waals surface area contributed by atoms with E-state index in [0.717, 1.165) is 30.3 Å². The average molecular weight is 410 g/mol. The summed E-state index contributed by atoms with van der Waals surface area (Å²) < 4.78 is 89.7. The zero-order valence-corrected chi connectivity index (χ0v) is 14.7. The predicted molar refractivity (Wildman–Crippen MR) is 86.5 cm³/mol. The highest BCUT2D eigenvalue weighted by atomic mass is 32.2. The Hall–Kier alpha value is -2.31. The van der Waals surface area contributed by atoms with Gasteiger partial charge < -0.3 is 4.74 Å². The number of anilines is 1. The summed E-state index contributed by atoms with van der Waals surface area (Å²) in [6.07, 6.45) is -4.90. The summed E-state index contributed by atoms with van der Waals surface area (Å²) in [5, 5.41) is 5.06. The van der Waals surface area contributed by atoms with Crippen molar-refractivity contribution in [1.82, 2.24) is 0 Å². The van der Waals surface area contributed by atoms with Crippen molar-refractivity contribution in [3.8, 4) is 5.75 Å². The molecule has 2 aromatic rings. The van der Waals surface area contributed by atoms with Crippen LogP contribution in [0.1, 0.15) is 5.56 Å². The van der Waals surface area contributed by atoms with Crippen LogP contribution in [0.25, 0.3) is 0 Å². The Balaban J connectivity index is 2.29. The van der Waals surface area contributed by atoms with Crippen molar-refractivity contribution in [2.45, 2.75) is 23.1 Å². The number of nitrogens with two attached hydrogens (primary N) is 1. The average Bonchev–Trinajstić information content (AvgIpc) is 2.47. The summed E-state index contributed by atoms with van der Waals surface area (Å²) >= 11 is 0. The van der Waals surface area contributed by atoms with Crippen molar-refractivity contribution in [3.63, 3.8) is 0 Å². The van der Waals surface area contributed by atoms with Crippen molar-refractivity contribution < 1.29 is 34.7 Å². The van der Waals surface area contributed by atoms with Gasteiger partial charge in [-0.15, -0.1) is 13.2 Å². The van der Waals surface area contributed by atoms with Crippen molar-refractivity contribution in [2.75, 3.05) is 4.72 Å². The molecule has 0 aliphatic carbocycles. The van der Waals surface area contributed by atoms with Gasteiger partial charge in [-0.3, -0.25) is 4.72 Å². The highest BCUT2D eigenvalue weighted by molar-refractivity contribution is 7.92. The van der Waals surface area contributed by atoms with Crippen molar-refractivity contribution in [3.05, 3.63) is 48.0 Å². The van der Waals surface area contributed by atoms with Gasteiger partial charge in [0.05, 0.1) is 15.5 Å². The van der Waals surface area contributed by atoms with Crippen LogP contribution in [-0.4, -0.2) is 23.2 Å². The fourth-order valence-corrected chi connectivity index (χ4v) is 3.86. The first-order valence-corrected chi connectivity index (χ1v) is 9.83. The van der Waals surface area contributed by atoms with Gasteiger partial charge in [0.1, 0.15) is 5.75 Å². The molecule has 0 saturated heterocycles. The maximum atomic E-state index is 12.3. The highest BCUT2D eigenvalue weighted by Gasteiger charge is 2.31. The minimum absolute atomic E-state index is 0.0738. The number of rotatable bonds is 5. The van der Waals surface area contributed by atoms with Crippen molar-refractivity contribution in [2.24, 2.45) is 5.14 Å². The Labute approximate surface area is 147 Å². The number of hydrogen-bond acceptors (Lipinski definition) is 5. The maximum absolute atomic E-state index is 12.3. The molecule has 0 atom stereocenters.